The van der Waals surface area contributed by atoms with Gasteiger partial charge in [0.25, 0.3) is 5.91 Å². The summed E-state index contributed by atoms with van der Waals surface area (Å²) in [5.74, 6) is -0.358. The maximum atomic E-state index is 11.9. The van der Waals surface area contributed by atoms with Gasteiger partial charge in [-0.05, 0) is 25.1 Å². The number of nitrogens with one attached hydrogen (secondary N) is 2. The maximum absolute atomic E-state index is 11.9. The van der Waals surface area contributed by atoms with E-state index in [1.54, 1.807) is 13.0 Å². The van der Waals surface area contributed by atoms with Crippen molar-refractivity contribution in [2.45, 2.75) is 17.9 Å². The summed E-state index contributed by atoms with van der Waals surface area (Å²) in [5.41, 5.74) is 5.69. The minimum Gasteiger partial charge on any atom is -0.348 e. The molecule has 7 heteroatoms. The van der Waals surface area contributed by atoms with Gasteiger partial charge in [0, 0.05) is 24.7 Å². The molecule has 0 aliphatic carbocycles. The van der Waals surface area contributed by atoms with E-state index in [4.69, 9.17) is 5.73 Å². The van der Waals surface area contributed by atoms with E-state index in [2.05, 4.69) is 16.6 Å². The van der Waals surface area contributed by atoms with Gasteiger partial charge in [-0.15, -0.1) is 6.58 Å². The molecule has 0 saturated carbocycles. The number of benzene rings is 1. The highest BCUT2D eigenvalue weighted by molar-refractivity contribution is 7.89. The molecule has 4 N–H and O–H groups in total. The van der Waals surface area contributed by atoms with Crippen molar-refractivity contribution in [3.8, 4) is 0 Å². The number of sulfonamides is 1. The first-order valence-corrected chi connectivity index (χ1v) is 7.60. The highest BCUT2D eigenvalue weighted by Gasteiger charge is 2.16. The van der Waals surface area contributed by atoms with E-state index < -0.39 is 10.0 Å². The van der Waals surface area contributed by atoms with Gasteiger partial charge < -0.3 is 11.1 Å². The second kappa shape index (κ2) is 7.18. The monoisotopic (exact) mass is 297 g/mol. The predicted molar refractivity (Wildman–Crippen MR) is 77.8 cm³/mol. The van der Waals surface area contributed by atoms with Crippen molar-refractivity contribution < 1.29 is 13.2 Å². The largest absolute Gasteiger partial charge is 0.348 e. The number of amides is 1. The lowest BCUT2D eigenvalue weighted by Crippen LogP contribution is -2.37. The van der Waals surface area contributed by atoms with Crippen LogP contribution in [0.5, 0.6) is 0 Å². The molecule has 0 unspecified atom stereocenters. The zero-order valence-corrected chi connectivity index (χ0v) is 12.1. The Morgan fingerprint density at radius 1 is 1.50 bits per heavy atom. The molecule has 110 valence electrons. The van der Waals surface area contributed by atoms with Crippen LogP contribution in [0.25, 0.3) is 0 Å². The van der Waals surface area contributed by atoms with Crippen molar-refractivity contribution in [1.29, 1.82) is 0 Å². The molecule has 1 amide bonds. The zero-order chi connectivity index (χ0) is 15.2. The van der Waals surface area contributed by atoms with Crippen LogP contribution in [0.2, 0.25) is 0 Å². The molecule has 0 heterocycles. The lowest BCUT2D eigenvalue weighted by Gasteiger charge is -2.12. The van der Waals surface area contributed by atoms with Crippen molar-refractivity contribution in [2.24, 2.45) is 5.73 Å². The van der Waals surface area contributed by atoms with Crippen molar-refractivity contribution in [3.05, 3.63) is 42.5 Å². The van der Waals surface area contributed by atoms with Crippen LogP contribution in [0.15, 0.2) is 41.8 Å². The third-order valence-corrected chi connectivity index (χ3v) is 3.98. The third kappa shape index (κ3) is 4.44. The van der Waals surface area contributed by atoms with E-state index >= 15 is 0 Å². The van der Waals surface area contributed by atoms with Gasteiger partial charge in [0.1, 0.15) is 0 Å². The summed E-state index contributed by atoms with van der Waals surface area (Å²) >= 11 is 0. The quantitative estimate of drug-likeness (QED) is 0.627. The molecule has 0 bridgehead atoms. The van der Waals surface area contributed by atoms with Gasteiger partial charge in [0.15, 0.2) is 0 Å². The fourth-order valence-corrected chi connectivity index (χ4v) is 2.47. The van der Waals surface area contributed by atoms with Gasteiger partial charge in [-0.1, -0.05) is 12.1 Å². The fraction of sp³-hybridized carbons (Fsp3) is 0.308. The topological polar surface area (TPSA) is 101 Å². The van der Waals surface area contributed by atoms with E-state index in [0.29, 0.717) is 6.54 Å². The van der Waals surface area contributed by atoms with Gasteiger partial charge in [0.05, 0.1) is 4.90 Å². The molecule has 6 nitrogen and oxygen atoms in total. The average molecular weight is 297 g/mol. The molecule has 1 aromatic carbocycles. The molecule has 0 aliphatic heterocycles. The van der Waals surface area contributed by atoms with Crippen LogP contribution in [0.4, 0.5) is 0 Å². The van der Waals surface area contributed by atoms with Crippen molar-refractivity contribution in [2.75, 3.05) is 13.1 Å². The third-order valence-electron chi connectivity index (χ3n) is 2.56. The van der Waals surface area contributed by atoms with E-state index in [-0.39, 0.29) is 29.0 Å². The van der Waals surface area contributed by atoms with Crippen LogP contribution in [0, 0.1) is 0 Å². The maximum Gasteiger partial charge on any atom is 0.251 e. The Morgan fingerprint density at radius 2 is 2.20 bits per heavy atom. The molecule has 1 atom stereocenters. The standard InChI is InChI=1S/C13H19N3O3S/c1-3-7-15-20(18,19)12-6-4-5-11(8-12)13(17)16-10(2)9-14/h3-6,8,10,15H,1,7,9,14H2,2H3,(H,16,17)/t10-/m0/s1. The molecule has 0 aromatic heterocycles. The van der Waals surface area contributed by atoms with E-state index in [1.165, 1.54) is 24.3 Å². The fourth-order valence-electron chi connectivity index (χ4n) is 1.42. The second-order valence-corrected chi connectivity index (χ2v) is 6.05. The lowest BCUT2D eigenvalue weighted by atomic mass is 10.2. The minimum absolute atomic E-state index is 0.0346. The van der Waals surface area contributed by atoms with Crippen LogP contribution in [-0.4, -0.2) is 33.5 Å². The molecule has 0 aliphatic rings. The molecule has 0 saturated heterocycles. The number of hydrogen-bond donors (Lipinski definition) is 3. The summed E-state index contributed by atoms with van der Waals surface area (Å²) < 4.78 is 26.2. The Balaban J connectivity index is 2.96. The van der Waals surface area contributed by atoms with Gasteiger partial charge in [0.2, 0.25) is 10.0 Å². The minimum atomic E-state index is -3.64. The first-order valence-electron chi connectivity index (χ1n) is 6.12. The summed E-state index contributed by atoms with van der Waals surface area (Å²) in [6.45, 7) is 5.65. The molecule has 0 fully saturated rings. The number of hydrogen-bond acceptors (Lipinski definition) is 4. The first-order chi connectivity index (χ1) is 9.40. The van der Waals surface area contributed by atoms with Crippen LogP contribution in [0.3, 0.4) is 0 Å². The Kier molecular flexibility index (Phi) is 5.87. The van der Waals surface area contributed by atoms with E-state index in [0.717, 1.165) is 0 Å². The average Bonchev–Trinajstić information content (AvgIpc) is 2.45. The Bertz CT molecular complexity index is 584. The number of rotatable bonds is 7. The molecule has 1 rings (SSSR count). The number of nitrogens with two attached hydrogens (primary N) is 1. The second-order valence-electron chi connectivity index (χ2n) is 4.28. The Hall–Kier alpha value is -1.70. The summed E-state index contributed by atoms with van der Waals surface area (Å²) in [4.78, 5) is 11.9. The lowest BCUT2D eigenvalue weighted by molar-refractivity contribution is 0.0941. The van der Waals surface area contributed by atoms with Gasteiger partial charge >= 0.3 is 0 Å². The van der Waals surface area contributed by atoms with Gasteiger partial charge in [-0.3, -0.25) is 4.79 Å². The number of carbonyl (C=O) groups excluding carboxylic acids is 1. The summed E-state index contributed by atoms with van der Waals surface area (Å²) in [6.07, 6.45) is 1.44. The summed E-state index contributed by atoms with van der Waals surface area (Å²) in [6, 6.07) is 5.63. The summed E-state index contributed by atoms with van der Waals surface area (Å²) in [5, 5.41) is 2.67. The van der Waals surface area contributed by atoms with Crippen molar-refractivity contribution >= 4 is 15.9 Å². The first kappa shape index (κ1) is 16.4. The normalized spacial score (nSPS) is 12.7. The van der Waals surface area contributed by atoms with Crippen LogP contribution >= 0.6 is 0 Å². The van der Waals surface area contributed by atoms with Crippen LogP contribution in [0.1, 0.15) is 17.3 Å². The van der Waals surface area contributed by atoms with E-state index in [1.807, 2.05) is 0 Å². The van der Waals surface area contributed by atoms with Crippen molar-refractivity contribution in [1.82, 2.24) is 10.0 Å². The zero-order valence-electron chi connectivity index (χ0n) is 11.3. The molecule has 0 radical (unpaired) electrons. The van der Waals surface area contributed by atoms with Gasteiger partial charge in [-0.25, -0.2) is 13.1 Å². The molecule has 20 heavy (non-hydrogen) atoms. The number of carbonyl (C=O) groups is 1. The smallest absolute Gasteiger partial charge is 0.251 e. The molecule has 1 aromatic rings. The Labute approximate surface area is 119 Å². The van der Waals surface area contributed by atoms with Crippen LogP contribution < -0.4 is 15.8 Å². The molecular weight excluding hydrogens is 278 g/mol. The Morgan fingerprint density at radius 3 is 2.80 bits per heavy atom. The SMILES string of the molecule is C=CCNS(=O)(=O)c1cccc(C(=O)N[C@@H](C)CN)c1. The highest BCUT2D eigenvalue weighted by Crippen LogP contribution is 2.11. The molecule has 0 spiro atoms. The van der Waals surface area contributed by atoms with E-state index in [9.17, 15) is 13.2 Å². The summed E-state index contributed by atoms with van der Waals surface area (Å²) in [7, 11) is -3.64. The predicted octanol–water partition coefficient (Wildman–Crippen LogP) is 0.228. The molecular formula is C13H19N3O3S. The van der Waals surface area contributed by atoms with Crippen molar-refractivity contribution in [3.63, 3.8) is 0 Å². The highest BCUT2D eigenvalue weighted by atomic mass is 32.2. The van der Waals surface area contributed by atoms with Crippen LogP contribution in [-0.2, 0) is 10.0 Å². The van der Waals surface area contributed by atoms with Gasteiger partial charge in [-0.2, -0.15) is 0 Å².